The van der Waals surface area contributed by atoms with Crippen LogP contribution < -0.4 is 10.5 Å². The summed E-state index contributed by atoms with van der Waals surface area (Å²) in [5, 5.41) is 0. The van der Waals surface area contributed by atoms with E-state index >= 15 is 0 Å². The Balaban J connectivity index is 2.05. The first kappa shape index (κ1) is 12.5. The van der Waals surface area contributed by atoms with E-state index in [4.69, 9.17) is 10.5 Å². The lowest BCUT2D eigenvalue weighted by Gasteiger charge is -2.23. The lowest BCUT2D eigenvalue weighted by Crippen LogP contribution is -2.23. The second kappa shape index (κ2) is 6.72. The number of ether oxygens (including phenoxy) is 1. The van der Waals surface area contributed by atoms with E-state index in [0.717, 1.165) is 17.1 Å². The highest BCUT2D eigenvalue weighted by Gasteiger charge is 2.15. The standard InChI is InChI=1S/C14H19NOS/c15-9-3-6-12-5-1-2-8-14(12)16-13-7-4-10-17-11-13/h1-3,5-6,8,13H,4,7,9-11,15H2/b6-3+. The normalized spacial score (nSPS) is 20.6. The number of para-hydroxylation sites is 1. The molecular formula is C14H19NOS. The van der Waals surface area contributed by atoms with E-state index < -0.39 is 0 Å². The fourth-order valence-electron chi connectivity index (χ4n) is 1.90. The highest BCUT2D eigenvalue weighted by molar-refractivity contribution is 7.99. The summed E-state index contributed by atoms with van der Waals surface area (Å²) in [7, 11) is 0. The third kappa shape index (κ3) is 3.79. The Morgan fingerprint density at radius 1 is 1.41 bits per heavy atom. The fourth-order valence-corrected chi connectivity index (χ4v) is 2.94. The predicted molar refractivity (Wildman–Crippen MR) is 75.5 cm³/mol. The minimum atomic E-state index is 0.362. The van der Waals surface area contributed by atoms with Crippen molar-refractivity contribution in [1.29, 1.82) is 0 Å². The fraction of sp³-hybridized carbons (Fsp3) is 0.429. The van der Waals surface area contributed by atoms with Gasteiger partial charge in [-0.15, -0.1) is 0 Å². The van der Waals surface area contributed by atoms with Crippen LogP contribution in [0.25, 0.3) is 6.08 Å². The van der Waals surface area contributed by atoms with Crippen molar-refractivity contribution in [2.75, 3.05) is 18.1 Å². The molecule has 92 valence electrons. The molecule has 2 nitrogen and oxygen atoms in total. The number of hydrogen-bond acceptors (Lipinski definition) is 3. The molecular weight excluding hydrogens is 230 g/mol. The van der Waals surface area contributed by atoms with Crippen LogP contribution in [0.15, 0.2) is 30.3 Å². The molecule has 1 aromatic rings. The molecule has 0 bridgehead atoms. The molecule has 1 aromatic carbocycles. The first-order valence-electron chi connectivity index (χ1n) is 6.10. The molecule has 1 aliphatic heterocycles. The molecule has 1 aliphatic rings. The average molecular weight is 249 g/mol. The van der Waals surface area contributed by atoms with Crippen molar-refractivity contribution < 1.29 is 4.74 Å². The van der Waals surface area contributed by atoms with Gasteiger partial charge in [0.15, 0.2) is 0 Å². The van der Waals surface area contributed by atoms with Gasteiger partial charge in [-0.3, -0.25) is 0 Å². The van der Waals surface area contributed by atoms with E-state index in [1.54, 1.807) is 0 Å². The van der Waals surface area contributed by atoms with Gasteiger partial charge in [-0.25, -0.2) is 0 Å². The summed E-state index contributed by atoms with van der Waals surface area (Å²) in [4.78, 5) is 0. The summed E-state index contributed by atoms with van der Waals surface area (Å²) in [6.45, 7) is 0.563. The summed E-state index contributed by atoms with van der Waals surface area (Å²) in [6, 6.07) is 8.15. The van der Waals surface area contributed by atoms with Gasteiger partial charge in [-0.2, -0.15) is 11.8 Å². The van der Waals surface area contributed by atoms with Crippen molar-refractivity contribution >= 4 is 17.8 Å². The number of nitrogens with two attached hydrogens (primary N) is 1. The highest BCUT2D eigenvalue weighted by Crippen LogP contribution is 2.25. The lowest BCUT2D eigenvalue weighted by atomic mass is 10.1. The number of hydrogen-bond donors (Lipinski definition) is 1. The van der Waals surface area contributed by atoms with Crippen molar-refractivity contribution in [2.24, 2.45) is 5.73 Å². The average Bonchev–Trinajstić information content (AvgIpc) is 2.39. The number of benzene rings is 1. The van der Waals surface area contributed by atoms with Crippen molar-refractivity contribution in [3.63, 3.8) is 0 Å². The quantitative estimate of drug-likeness (QED) is 0.891. The molecule has 0 aliphatic carbocycles. The molecule has 1 atom stereocenters. The Bertz CT molecular complexity index is 372. The van der Waals surface area contributed by atoms with E-state index in [0.29, 0.717) is 12.6 Å². The van der Waals surface area contributed by atoms with Gasteiger partial charge in [0.1, 0.15) is 11.9 Å². The zero-order valence-corrected chi connectivity index (χ0v) is 10.8. The molecule has 1 unspecified atom stereocenters. The van der Waals surface area contributed by atoms with Gasteiger partial charge in [0.05, 0.1) is 0 Å². The van der Waals surface area contributed by atoms with E-state index in [1.807, 2.05) is 42.1 Å². The summed E-state index contributed by atoms with van der Waals surface area (Å²) in [6.07, 6.45) is 6.78. The molecule has 3 heteroatoms. The Labute approximate surface area is 107 Å². The van der Waals surface area contributed by atoms with Gasteiger partial charge >= 0.3 is 0 Å². The molecule has 1 fully saturated rings. The van der Waals surface area contributed by atoms with Crippen LogP contribution in [0.2, 0.25) is 0 Å². The van der Waals surface area contributed by atoms with Gasteiger partial charge < -0.3 is 10.5 Å². The van der Waals surface area contributed by atoms with Crippen LogP contribution in [0, 0.1) is 0 Å². The molecule has 1 saturated heterocycles. The van der Waals surface area contributed by atoms with Gasteiger partial charge in [-0.05, 0) is 24.7 Å². The minimum Gasteiger partial charge on any atom is -0.489 e. The topological polar surface area (TPSA) is 35.2 Å². The number of thioether (sulfide) groups is 1. The van der Waals surface area contributed by atoms with Gasteiger partial charge in [0.2, 0.25) is 0 Å². The zero-order valence-electron chi connectivity index (χ0n) is 9.97. The Hall–Kier alpha value is -0.930. The maximum absolute atomic E-state index is 6.07. The molecule has 2 N–H and O–H groups in total. The SMILES string of the molecule is NC/C=C/c1ccccc1OC1CCCSC1. The third-order valence-corrected chi connectivity index (χ3v) is 3.95. The summed E-state index contributed by atoms with van der Waals surface area (Å²) >= 11 is 1.98. The van der Waals surface area contributed by atoms with Crippen LogP contribution in [-0.2, 0) is 0 Å². The summed E-state index contributed by atoms with van der Waals surface area (Å²) < 4.78 is 6.07. The van der Waals surface area contributed by atoms with Crippen molar-refractivity contribution in [3.05, 3.63) is 35.9 Å². The molecule has 2 rings (SSSR count). The maximum Gasteiger partial charge on any atom is 0.126 e. The second-order valence-electron chi connectivity index (χ2n) is 4.13. The monoisotopic (exact) mass is 249 g/mol. The van der Waals surface area contributed by atoms with Gasteiger partial charge in [-0.1, -0.05) is 30.4 Å². The highest BCUT2D eigenvalue weighted by atomic mass is 32.2. The van der Waals surface area contributed by atoms with Crippen LogP contribution in [0.1, 0.15) is 18.4 Å². The minimum absolute atomic E-state index is 0.362. The molecule has 1 heterocycles. The predicted octanol–water partition coefficient (Wildman–Crippen LogP) is 2.93. The van der Waals surface area contributed by atoms with Crippen molar-refractivity contribution in [2.45, 2.75) is 18.9 Å². The van der Waals surface area contributed by atoms with E-state index in [1.165, 1.54) is 18.6 Å². The van der Waals surface area contributed by atoms with Crippen LogP contribution in [-0.4, -0.2) is 24.2 Å². The molecule has 17 heavy (non-hydrogen) atoms. The van der Waals surface area contributed by atoms with Crippen LogP contribution >= 0.6 is 11.8 Å². The van der Waals surface area contributed by atoms with E-state index in [9.17, 15) is 0 Å². The first-order valence-corrected chi connectivity index (χ1v) is 7.25. The second-order valence-corrected chi connectivity index (χ2v) is 5.28. The zero-order chi connectivity index (χ0) is 11.9. The van der Waals surface area contributed by atoms with Gasteiger partial charge in [0.25, 0.3) is 0 Å². The van der Waals surface area contributed by atoms with Crippen molar-refractivity contribution in [3.8, 4) is 5.75 Å². The van der Waals surface area contributed by atoms with Crippen LogP contribution in [0.4, 0.5) is 0 Å². The van der Waals surface area contributed by atoms with Crippen molar-refractivity contribution in [1.82, 2.24) is 0 Å². The van der Waals surface area contributed by atoms with E-state index in [2.05, 4.69) is 6.07 Å². The van der Waals surface area contributed by atoms with Crippen LogP contribution in [0.3, 0.4) is 0 Å². The van der Waals surface area contributed by atoms with Crippen LogP contribution in [0.5, 0.6) is 5.75 Å². The third-order valence-electron chi connectivity index (χ3n) is 2.76. The Kier molecular flexibility index (Phi) is 4.95. The largest absolute Gasteiger partial charge is 0.489 e. The Morgan fingerprint density at radius 3 is 3.06 bits per heavy atom. The Morgan fingerprint density at radius 2 is 2.29 bits per heavy atom. The molecule has 0 radical (unpaired) electrons. The summed E-state index contributed by atoms with van der Waals surface area (Å²) in [5.41, 5.74) is 6.60. The first-order chi connectivity index (χ1) is 8.40. The smallest absolute Gasteiger partial charge is 0.126 e. The molecule has 0 amide bonds. The molecule has 0 saturated carbocycles. The van der Waals surface area contributed by atoms with E-state index in [-0.39, 0.29) is 0 Å². The maximum atomic E-state index is 6.07. The van der Waals surface area contributed by atoms with Gasteiger partial charge in [0, 0.05) is 17.9 Å². The number of rotatable bonds is 4. The summed E-state index contributed by atoms with van der Waals surface area (Å²) in [5.74, 6) is 3.36. The molecule has 0 spiro atoms. The molecule has 0 aromatic heterocycles. The lowest BCUT2D eigenvalue weighted by molar-refractivity contribution is 0.211.